The summed E-state index contributed by atoms with van der Waals surface area (Å²) in [6, 6.07) is 0.409. The van der Waals surface area contributed by atoms with E-state index in [9.17, 15) is 0 Å². The minimum atomic E-state index is 0.409. The van der Waals surface area contributed by atoms with Crippen LogP contribution in [0, 0.1) is 0 Å². The number of unbranched alkanes of at least 4 members (excludes halogenated alkanes) is 4. The second-order valence-corrected chi connectivity index (χ2v) is 5.21. The zero-order valence-corrected chi connectivity index (χ0v) is 11.9. The lowest BCUT2D eigenvalue weighted by atomic mass is 10.0. The Kier molecular flexibility index (Phi) is 7.65. The summed E-state index contributed by atoms with van der Waals surface area (Å²) in [5, 5.41) is 7.97. The molecule has 0 fully saturated rings. The van der Waals surface area contributed by atoms with E-state index < -0.39 is 0 Å². The van der Waals surface area contributed by atoms with Crippen molar-refractivity contribution in [2.45, 2.75) is 70.8 Å². The Hall–Kier alpha value is -0.900. The highest BCUT2D eigenvalue weighted by atomic mass is 15.2. The molecule has 0 aliphatic rings. The average molecular weight is 252 g/mol. The Morgan fingerprint density at radius 1 is 1.17 bits per heavy atom. The van der Waals surface area contributed by atoms with Crippen LogP contribution in [0.15, 0.2) is 6.33 Å². The Balaban J connectivity index is 1.96. The van der Waals surface area contributed by atoms with Crippen molar-refractivity contribution in [1.82, 2.24) is 14.8 Å². The van der Waals surface area contributed by atoms with E-state index >= 15 is 0 Å². The van der Waals surface area contributed by atoms with Crippen LogP contribution >= 0.6 is 0 Å². The van der Waals surface area contributed by atoms with Gasteiger partial charge >= 0.3 is 0 Å². The van der Waals surface area contributed by atoms with Crippen molar-refractivity contribution >= 4 is 0 Å². The lowest BCUT2D eigenvalue weighted by Crippen LogP contribution is -2.19. The molecule has 0 saturated heterocycles. The third-order valence-corrected chi connectivity index (χ3v) is 3.46. The molecule has 0 aromatic carbocycles. The number of aryl methyl sites for hydroxylation is 2. The Morgan fingerprint density at radius 2 is 1.89 bits per heavy atom. The Bertz CT molecular complexity index is 308. The molecular formula is C14H28N4. The minimum absolute atomic E-state index is 0.409. The molecule has 4 heteroatoms. The number of nitrogens with zero attached hydrogens (tertiary/aromatic N) is 3. The predicted molar refractivity (Wildman–Crippen MR) is 75.3 cm³/mol. The summed E-state index contributed by atoms with van der Waals surface area (Å²) in [4.78, 5) is 0. The number of hydrogen-bond acceptors (Lipinski definition) is 3. The van der Waals surface area contributed by atoms with Crippen LogP contribution in [0.5, 0.6) is 0 Å². The maximum absolute atomic E-state index is 6.09. The van der Waals surface area contributed by atoms with Crippen molar-refractivity contribution in [2.75, 3.05) is 0 Å². The third-order valence-electron chi connectivity index (χ3n) is 3.46. The highest BCUT2D eigenvalue weighted by molar-refractivity contribution is 4.83. The highest BCUT2D eigenvalue weighted by Gasteiger charge is 2.03. The molecule has 0 radical (unpaired) electrons. The fourth-order valence-electron chi connectivity index (χ4n) is 2.20. The Labute approximate surface area is 111 Å². The van der Waals surface area contributed by atoms with Crippen molar-refractivity contribution in [3.05, 3.63) is 12.2 Å². The fourth-order valence-corrected chi connectivity index (χ4v) is 2.20. The lowest BCUT2D eigenvalue weighted by Gasteiger charge is -2.10. The SMILES string of the molecule is CCCCCC(N)CCCCCc1nncn1C. The summed E-state index contributed by atoms with van der Waals surface area (Å²) < 4.78 is 2.00. The molecule has 0 bridgehead atoms. The van der Waals surface area contributed by atoms with Gasteiger partial charge in [-0.2, -0.15) is 0 Å². The first-order chi connectivity index (χ1) is 8.74. The van der Waals surface area contributed by atoms with Crippen molar-refractivity contribution in [3.63, 3.8) is 0 Å². The topological polar surface area (TPSA) is 56.7 Å². The first-order valence-electron chi connectivity index (χ1n) is 7.32. The lowest BCUT2D eigenvalue weighted by molar-refractivity contribution is 0.497. The molecule has 0 aliphatic carbocycles. The predicted octanol–water partition coefficient (Wildman–Crippen LogP) is 2.83. The van der Waals surface area contributed by atoms with Gasteiger partial charge in [-0.05, 0) is 19.3 Å². The number of hydrogen-bond donors (Lipinski definition) is 1. The molecule has 2 N–H and O–H groups in total. The average Bonchev–Trinajstić information content (AvgIpc) is 2.75. The van der Waals surface area contributed by atoms with Gasteiger partial charge in [-0.3, -0.25) is 0 Å². The van der Waals surface area contributed by atoms with Crippen molar-refractivity contribution in [1.29, 1.82) is 0 Å². The van der Waals surface area contributed by atoms with E-state index in [2.05, 4.69) is 17.1 Å². The van der Waals surface area contributed by atoms with Gasteiger partial charge in [0.15, 0.2) is 0 Å². The van der Waals surface area contributed by atoms with Crippen LogP contribution in [0.2, 0.25) is 0 Å². The molecule has 4 nitrogen and oxygen atoms in total. The molecule has 104 valence electrons. The molecular weight excluding hydrogens is 224 g/mol. The largest absolute Gasteiger partial charge is 0.328 e. The minimum Gasteiger partial charge on any atom is -0.328 e. The van der Waals surface area contributed by atoms with E-state index in [4.69, 9.17) is 5.73 Å². The van der Waals surface area contributed by atoms with Gasteiger partial charge in [0, 0.05) is 19.5 Å². The fraction of sp³-hybridized carbons (Fsp3) is 0.857. The quantitative estimate of drug-likeness (QED) is 0.651. The van der Waals surface area contributed by atoms with Crippen LogP contribution in [0.25, 0.3) is 0 Å². The monoisotopic (exact) mass is 252 g/mol. The molecule has 0 spiro atoms. The second-order valence-electron chi connectivity index (χ2n) is 5.21. The summed E-state index contributed by atoms with van der Waals surface area (Å²) in [7, 11) is 2.00. The second kappa shape index (κ2) is 9.09. The van der Waals surface area contributed by atoms with Crippen LogP contribution in [-0.2, 0) is 13.5 Å². The molecule has 0 aliphatic heterocycles. The van der Waals surface area contributed by atoms with E-state index in [0.29, 0.717) is 6.04 Å². The van der Waals surface area contributed by atoms with Crippen LogP contribution in [0.4, 0.5) is 0 Å². The molecule has 0 saturated carbocycles. The normalized spacial score (nSPS) is 12.8. The van der Waals surface area contributed by atoms with Gasteiger partial charge in [0.2, 0.25) is 0 Å². The van der Waals surface area contributed by atoms with E-state index in [0.717, 1.165) is 12.2 Å². The highest BCUT2D eigenvalue weighted by Crippen LogP contribution is 2.10. The zero-order chi connectivity index (χ0) is 13.2. The number of rotatable bonds is 10. The summed E-state index contributed by atoms with van der Waals surface area (Å²) in [5.74, 6) is 1.09. The molecule has 1 rings (SSSR count). The van der Waals surface area contributed by atoms with Gasteiger partial charge in [0.1, 0.15) is 12.2 Å². The van der Waals surface area contributed by atoms with E-state index in [-0.39, 0.29) is 0 Å². The summed E-state index contributed by atoms with van der Waals surface area (Å²) in [6.45, 7) is 2.23. The van der Waals surface area contributed by atoms with Crippen LogP contribution in [0.3, 0.4) is 0 Å². The number of nitrogens with two attached hydrogens (primary N) is 1. The molecule has 1 aromatic heterocycles. The molecule has 1 atom stereocenters. The van der Waals surface area contributed by atoms with Crippen molar-refractivity contribution in [3.8, 4) is 0 Å². The summed E-state index contributed by atoms with van der Waals surface area (Å²) in [6.07, 6.45) is 12.7. The smallest absolute Gasteiger partial charge is 0.132 e. The zero-order valence-electron chi connectivity index (χ0n) is 11.9. The van der Waals surface area contributed by atoms with Crippen molar-refractivity contribution in [2.24, 2.45) is 12.8 Å². The molecule has 1 aromatic rings. The summed E-state index contributed by atoms with van der Waals surface area (Å²) in [5.41, 5.74) is 6.09. The molecule has 1 unspecified atom stereocenters. The van der Waals surface area contributed by atoms with Gasteiger partial charge in [-0.1, -0.05) is 39.0 Å². The van der Waals surface area contributed by atoms with Crippen LogP contribution in [0.1, 0.15) is 64.1 Å². The molecule has 18 heavy (non-hydrogen) atoms. The van der Waals surface area contributed by atoms with E-state index in [1.807, 2.05) is 11.6 Å². The first-order valence-corrected chi connectivity index (χ1v) is 7.32. The van der Waals surface area contributed by atoms with E-state index in [1.54, 1.807) is 6.33 Å². The van der Waals surface area contributed by atoms with Gasteiger partial charge in [0.25, 0.3) is 0 Å². The van der Waals surface area contributed by atoms with Crippen LogP contribution in [-0.4, -0.2) is 20.8 Å². The van der Waals surface area contributed by atoms with E-state index in [1.165, 1.54) is 51.4 Å². The standard InChI is InChI=1S/C14H28N4/c1-3-4-6-9-13(15)10-7-5-8-11-14-17-16-12-18(14)2/h12-13H,3-11,15H2,1-2H3. The maximum Gasteiger partial charge on any atom is 0.132 e. The van der Waals surface area contributed by atoms with Crippen LogP contribution < -0.4 is 5.73 Å². The molecule has 1 heterocycles. The summed E-state index contributed by atoms with van der Waals surface area (Å²) >= 11 is 0. The van der Waals surface area contributed by atoms with Gasteiger partial charge in [-0.15, -0.1) is 10.2 Å². The third kappa shape index (κ3) is 6.15. The Morgan fingerprint density at radius 3 is 2.50 bits per heavy atom. The van der Waals surface area contributed by atoms with Crippen molar-refractivity contribution < 1.29 is 0 Å². The maximum atomic E-state index is 6.09. The first kappa shape index (κ1) is 15.2. The van der Waals surface area contributed by atoms with Gasteiger partial charge < -0.3 is 10.3 Å². The van der Waals surface area contributed by atoms with Gasteiger partial charge in [0.05, 0.1) is 0 Å². The molecule has 0 amide bonds. The number of aromatic nitrogens is 3. The van der Waals surface area contributed by atoms with Gasteiger partial charge in [-0.25, -0.2) is 0 Å².